The number of rotatable bonds is 10. The maximum absolute atomic E-state index is 12.6. The highest BCUT2D eigenvalue weighted by Gasteiger charge is 2.29. The molecule has 0 radical (unpaired) electrons. The molecule has 1 fully saturated rings. The zero-order valence-electron chi connectivity index (χ0n) is 25.8. The average molecular weight is 640 g/mol. The smallest absolute Gasteiger partial charge is 0.341 e. The lowest BCUT2D eigenvalue weighted by Gasteiger charge is -2.39. The molecule has 9 heteroatoms. The van der Waals surface area contributed by atoms with Crippen LogP contribution in [0.15, 0.2) is 66.2 Å². The molecule has 0 aromatic heterocycles. The van der Waals surface area contributed by atoms with Gasteiger partial charge in [0.1, 0.15) is 27.8 Å². The number of esters is 1. The van der Waals surface area contributed by atoms with Crippen LogP contribution in [0.25, 0.3) is 5.57 Å². The van der Waals surface area contributed by atoms with Crippen molar-refractivity contribution >= 4 is 40.4 Å². The Morgan fingerprint density at radius 2 is 1.64 bits per heavy atom. The van der Waals surface area contributed by atoms with Crippen molar-refractivity contribution < 1.29 is 23.7 Å². The minimum absolute atomic E-state index is 0.0513. The Balaban J connectivity index is 1.31. The maximum Gasteiger partial charge on any atom is 0.341 e. The van der Waals surface area contributed by atoms with Crippen molar-refractivity contribution in [2.45, 2.75) is 33.1 Å². The van der Waals surface area contributed by atoms with Crippen molar-refractivity contribution in [2.75, 3.05) is 58.6 Å². The number of anilines is 1. The van der Waals surface area contributed by atoms with Gasteiger partial charge in [0, 0.05) is 56.6 Å². The number of halogens is 2. The Kier molecular flexibility index (Phi) is 10.4. The summed E-state index contributed by atoms with van der Waals surface area (Å²) in [5.41, 5.74) is 5.86. The third-order valence-electron chi connectivity index (χ3n) is 8.38. The molecule has 0 saturated carbocycles. The third-order valence-corrected chi connectivity index (χ3v) is 9.01. The molecule has 0 unspecified atom stereocenters. The molecule has 0 atom stereocenters. The van der Waals surface area contributed by atoms with Gasteiger partial charge in [0.05, 0.1) is 7.11 Å². The van der Waals surface area contributed by atoms with Gasteiger partial charge in [-0.15, -0.1) is 0 Å². The van der Waals surface area contributed by atoms with Gasteiger partial charge in [-0.1, -0.05) is 60.8 Å². The molecule has 0 bridgehead atoms. The highest BCUT2D eigenvalue weighted by atomic mass is 35.5. The first kappa shape index (κ1) is 32.2. The number of allylic oxidation sites excluding steroid dienone is 1. The number of hydrogen-bond donors (Lipinski definition) is 0. The standard InChI is InChI=1S/C35H40Cl2N2O5/c1-35(2)15-14-25(29(21-35)24-8-10-26(36)11-9-24)22-38-16-18-39(19-17-38)27-12-13-28(34(40)42-4)32(20-27)44-31-7-5-6-30(33(31)37)43-23-41-3/h5-13,20H,14-19,21-23H2,1-4H3. The van der Waals surface area contributed by atoms with Gasteiger partial charge in [0.15, 0.2) is 6.79 Å². The first-order valence-electron chi connectivity index (χ1n) is 14.9. The zero-order valence-corrected chi connectivity index (χ0v) is 27.3. The number of hydrogen-bond acceptors (Lipinski definition) is 7. The van der Waals surface area contributed by atoms with E-state index in [0.717, 1.165) is 56.3 Å². The molecule has 0 spiro atoms. The summed E-state index contributed by atoms with van der Waals surface area (Å²) in [7, 11) is 2.89. The SMILES string of the molecule is COCOc1cccc(Oc2cc(N3CCN(CC4=C(c5ccc(Cl)cc5)CC(C)(C)CC4)CC3)ccc2C(=O)OC)c1Cl. The van der Waals surface area contributed by atoms with Crippen molar-refractivity contribution in [3.63, 3.8) is 0 Å². The lowest BCUT2D eigenvalue weighted by Crippen LogP contribution is -2.47. The second-order valence-corrected chi connectivity index (χ2v) is 12.9. The summed E-state index contributed by atoms with van der Waals surface area (Å²) in [6.07, 6.45) is 3.38. The van der Waals surface area contributed by atoms with Crippen LogP contribution in [0.4, 0.5) is 5.69 Å². The van der Waals surface area contributed by atoms with Crippen LogP contribution in [0, 0.1) is 5.41 Å². The molecular weight excluding hydrogens is 599 g/mol. The average Bonchev–Trinajstić information content (AvgIpc) is 3.02. The van der Waals surface area contributed by atoms with Crippen molar-refractivity contribution in [2.24, 2.45) is 5.41 Å². The van der Waals surface area contributed by atoms with Gasteiger partial charge in [-0.05, 0) is 72.2 Å². The Hall–Kier alpha value is -3.23. The van der Waals surface area contributed by atoms with E-state index in [1.54, 1.807) is 24.3 Å². The number of ether oxygens (including phenoxy) is 4. The molecule has 0 N–H and O–H groups in total. The normalized spacial score (nSPS) is 17.0. The van der Waals surface area contributed by atoms with Crippen LogP contribution in [0.5, 0.6) is 17.2 Å². The minimum Gasteiger partial charge on any atom is -0.466 e. The fraction of sp³-hybridized carbons (Fsp3) is 0.400. The van der Waals surface area contributed by atoms with Crippen LogP contribution in [-0.2, 0) is 9.47 Å². The molecular formula is C35H40Cl2N2O5. The van der Waals surface area contributed by atoms with Gasteiger partial charge < -0.3 is 23.8 Å². The molecule has 3 aromatic carbocycles. The van der Waals surface area contributed by atoms with E-state index in [-0.39, 0.29) is 17.2 Å². The van der Waals surface area contributed by atoms with Crippen LogP contribution < -0.4 is 14.4 Å². The Morgan fingerprint density at radius 1 is 0.909 bits per heavy atom. The number of benzene rings is 3. The molecule has 44 heavy (non-hydrogen) atoms. The predicted molar refractivity (Wildman–Crippen MR) is 176 cm³/mol. The Morgan fingerprint density at radius 3 is 2.34 bits per heavy atom. The summed E-state index contributed by atoms with van der Waals surface area (Å²) in [6.45, 7) is 9.32. The second kappa shape index (κ2) is 14.2. The van der Waals surface area contributed by atoms with Crippen LogP contribution >= 0.6 is 23.2 Å². The largest absolute Gasteiger partial charge is 0.466 e. The first-order valence-corrected chi connectivity index (χ1v) is 15.7. The summed E-state index contributed by atoms with van der Waals surface area (Å²) >= 11 is 12.8. The third kappa shape index (κ3) is 7.70. The number of methoxy groups -OCH3 is 2. The van der Waals surface area contributed by atoms with Crippen LogP contribution in [0.2, 0.25) is 10.0 Å². The summed E-state index contributed by atoms with van der Waals surface area (Å²) in [6, 6.07) is 19.1. The van der Waals surface area contributed by atoms with Gasteiger partial charge in [-0.2, -0.15) is 0 Å². The fourth-order valence-electron chi connectivity index (χ4n) is 5.89. The van der Waals surface area contributed by atoms with E-state index < -0.39 is 5.97 Å². The summed E-state index contributed by atoms with van der Waals surface area (Å²) in [5.74, 6) is 0.673. The van der Waals surface area contributed by atoms with Crippen molar-refractivity contribution in [1.29, 1.82) is 0 Å². The van der Waals surface area contributed by atoms with Crippen LogP contribution in [0.3, 0.4) is 0 Å². The Bertz CT molecular complexity index is 1500. The maximum atomic E-state index is 12.6. The van der Waals surface area contributed by atoms with Crippen molar-refractivity contribution in [1.82, 2.24) is 4.90 Å². The number of carbonyl (C=O) groups is 1. The quantitative estimate of drug-likeness (QED) is 0.163. The van der Waals surface area contributed by atoms with E-state index in [4.69, 9.17) is 42.1 Å². The molecule has 0 amide bonds. The number of nitrogens with zero attached hydrogens (tertiary/aromatic N) is 2. The van der Waals surface area contributed by atoms with Crippen LogP contribution in [-0.4, -0.2) is 64.6 Å². The monoisotopic (exact) mass is 638 g/mol. The molecule has 1 aliphatic carbocycles. The molecule has 5 rings (SSSR count). The molecule has 2 aliphatic rings. The molecule has 234 valence electrons. The molecule has 7 nitrogen and oxygen atoms in total. The van der Waals surface area contributed by atoms with Gasteiger partial charge in [-0.25, -0.2) is 4.79 Å². The topological polar surface area (TPSA) is 60.5 Å². The minimum atomic E-state index is -0.486. The van der Waals surface area contributed by atoms with E-state index in [0.29, 0.717) is 22.8 Å². The summed E-state index contributed by atoms with van der Waals surface area (Å²) in [5, 5.41) is 1.06. The molecule has 1 heterocycles. The fourth-order valence-corrected chi connectivity index (χ4v) is 6.24. The molecule has 1 saturated heterocycles. The van der Waals surface area contributed by atoms with E-state index in [9.17, 15) is 4.79 Å². The molecule has 1 aliphatic heterocycles. The van der Waals surface area contributed by atoms with E-state index in [1.807, 2.05) is 24.3 Å². The van der Waals surface area contributed by atoms with E-state index in [1.165, 1.54) is 37.4 Å². The summed E-state index contributed by atoms with van der Waals surface area (Å²) < 4.78 is 21.8. The van der Waals surface area contributed by atoms with Gasteiger partial charge in [0.2, 0.25) is 0 Å². The predicted octanol–water partition coefficient (Wildman–Crippen LogP) is 8.34. The molecule has 3 aromatic rings. The number of carbonyl (C=O) groups excluding carboxylic acids is 1. The highest BCUT2D eigenvalue weighted by Crippen LogP contribution is 2.43. The van der Waals surface area contributed by atoms with Crippen molar-refractivity contribution in [3.8, 4) is 17.2 Å². The van der Waals surface area contributed by atoms with Crippen LogP contribution in [0.1, 0.15) is 49.0 Å². The van der Waals surface area contributed by atoms with E-state index >= 15 is 0 Å². The second-order valence-electron chi connectivity index (χ2n) is 12.1. The zero-order chi connectivity index (χ0) is 31.3. The first-order chi connectivity index (χ1) is 21.2. The van der Waals surface area contributed by atoms with Gasteiger partial charge >= 0.3 is 5.97 Å². The van der Waals surface area contributed by atoms with Gasteiger partial charge in [0.25, 0.3) is 0 Å². The summed E-state index contributed by atoms with van der Waals surface area (Å²) in [4.78, 5) is 17.5. The lowest BCUT2D eigenvalue weighted by molar-refractivity contribution is 0.0511. The van der Waals surface area contributed by atoms with E-state index in [2.05, 4.69) is 35.8 Å². The Labute approximate surface area is 270 Å². The highest BCUT2D eigenvalue weighted by molar-refractivity contribution is 6.33. The number of piperazine rings is 1. The lowest BCUT2D eigenvalue weighted by atomic mass is 9.72. The van der Waals surface area contributed by atoms with Gasteiger partial charge in [-0.3, -0.25) is 4.90 Å². The van der Waals surface area contributed by atoms with Crippen molar-refractivity contribution in [3.05, 3.63) is 87.4 Å².